The number of aromatic nitrogens is 3. The van der Waals surface area contributed by atoms with Gasteiger partial charge in [-0.2, -0.15) is 5.10 Å². The SMILES string of the molecule is Cc1ncn(CCC2(c3ccccc3)CCc3c(sc(N)c3C(=O)NC3CC3)C2=O)n1. The largest absolute Gasteiger partial charge is 0.390 e. The van der Waals surface area contributed by atoms with Gasteiger partial charge in [-0.1, -0.05) is 30.3 Å². The molecular formula is C23H25N5O2S. The second-order valence-electron chi connectivity index (χ2n) is 8.48. The van der Waals surface area contributed by atoms with Gasteiger partial charge in [-0.3, -0.25) is 14.3 Å². The maximum atomic E-state index is 14.0. The van der Waals surface area contributed by atoms with E-state index in [1.54, 1.807) is 11.0 Å². The Kier molecular flexibility index (Phi) is 4.89. The Morgan fingerprint density at radius 2 is 2.10 bits per heavy atom. The minimum absolute atomic E-state index is 0.0546. The maximum Gasteiger partial charge on any atom is 0.254 e. The fraction of sp³-hybridized carbons (Fsp3) is 0.391. The third-order valence-corrected chi connectivity index (χ3v) is 7.42. The molecule has 0 aliphatic heterocycles. The second kappa shape index (κ2) is 7.60. The molecule has 1 amide bonds. The molecule has 1 aromatic carbocycles. The van der Waals surface area contributed by atoms with Crippen LogP contribution in [-0.2, 0) is 18.4 Å². The predicted molar refractivity (Wildman–Crippen MR) is 119 cm³/mol. The zero-order valence-electron chi connectivity index (χ0n) is 17.4. The van der Waals surface area contributed by atoms with Gasteiger partial charge in [0.1, 0.15) is 12.2 Å². The molecule has 0 radical (unpaired) electrons. The number of nitrogens with one attached hydrogen (secondary N) is 1. The van der Waals surface area contributed by atoms with Gasteiger partial charge in [-0.05, 0) is 50.2 Å². The number of nitrogen functional groups attached to an aromatic ring is 1. The van der Waals surface area contributed by atoms with Crippen molar-refractivity contribution in [3.8, 4) is 0 Å². The Bertz CT molecular complexity index is 1150. The van der Waals surface area contributed by atoms with E-state index in [2.05, 4.69) is 15.4 Å². The first-order valence-corrected chi connectivity index (χ1v) is 11.5. The van der Waals surface area contributed by atoms with E-state index >= 15 is 0 Å². The Hall–Kier alpha value is -3.00. The highest BCUT2D eigenvalue weighted by Gasteiger charge is 2.46. The number of carbonyl (C=O) groups is 2. The lowest BCUT2D eigenvalue weighted by atomic mass is 9.66. The molecular weight excluding hydrogens is 410 g/mol. The van der Waals surface area contributed by atoms with Crippen LogP contribution in [0.5, 0.6) is 0 Å². The lowest BCUT2D eigenvalue weighted by molar-refractivity contribution is 0.0848. The van der Waals surface area contributed by atoms with Crippen LogP contribution in [-0.4, -0.2) is 32.5 Å². The van der Waals surface area contributed by atoms with Crippen molar-refractivity contribution in [1.29, 1.82) is 0 Å². The molecule has 2 heterocycles. The molecule has 0 spiro atoms. The molecule has 1 unspecified atom stereocenters. The summed E-state index contributed by atoms with van der Waals surface area (Å²) in [6.07, 6.45) is 5.62. The van der Waals surface area contributed by atoms with Crippen molar-refractivity contribution in [1.82, 2.24) is 20.1 Å². The monoisotopic (exact) mass is 435 g/mol. The number of anilines is 1. The van der Waals surface area contributed by atoms with Crippen LogP contribution in [0.2, 0.25) is 0 Å². The number of carbonyl (C=O) groups excluding carboxylic acids is 2. The summed E-state index contributed by atoms with van der Waals surface area (Å²) in [5.41, 5.74) is 7.91. The van der Waals surface area contributed by atoms with Crippen LogP contribution < -0.4 is 11.1 Å². The van der Waals surface area contributed by atoms with Crippen molar-refractivity contribution >= 4 is 28.0 Å². The average Bonchev–Trinajstić information content (AvgIpc) is 3.37. The standard InChI is InChI=1S/C23H25N5O2S/c1-14-25-13-28(27-14)12-11-23(15-5-3-2-4-6-15)10-9-17-18(22(30)26-16-7-8-16)21(24)31-19(17)20(23)29/h2-6,13,16H,7-12,24H2,1H3,(H,26,30). The van der Waals surface area contributed by atoms with Gasteiger partial charge in [0.25, 0.3) is 5.91 Å². The van der Waals surface area contributed by atoms with Gasteiger partial charge in [-0.15, -0.1) is 11.3 Å². The molecule has 5 rings (SSSR count). The summed E-state index contributed by atoms with van der Waals surface area (Å²) >= 11 is 1.26. The Morgan fingerprint density at radius 1 is 1.32 bits per heavy atom. The van der Waals surface area contributed by atoms with Crippen LogP contribution in [0, 0.1) is 6.92 Å². The molecule has 2 aliphatic carbocycles. The van der Waals surface area contributed by atoms with Crippen molar-refractivity contribution < 1.29 is 9.59 Å². The van der Waals surface area contributed by atoms with Gasteiger partial charge in [0.05, 0.1) is 20.9 Å². The zero-order valence-corrected chi connectivity index (χ0v) is 18.2. The summed E-state index contributed by atoms with van der Waals surface area (Å²) in [4.78, 5) is 31.6. The van der Waals surface area contributed by atoms with Crippen LogP contribution in [0.3, 0.4) is 0 Å². The minimum atomic E-state index is -0.671. The highest BCUT2D eigenvalue weighted by molar-refractivity contribution is 7.18. The number of hydrogen-bond donors (Lipinski definition) is 2. The highest BCUT2D eigenvalue weighted by Crippen LogP contribution is 2.46. The summed E-state index contributed by atoms with van der Waals surface area (Å²) < 4.78 is 1.79. The van der Waals surface area contributed by atoms with E-state index in [1.807, 2.05) is 37.3 Å². The number of rotatable bonds is 6. The number of aryl methyl sites for hydroxylation is 2. The first kappa shape index (κ1) is 19.9. The molecule has 3 N–H and O–H groups in total. The van der Waals surface area contributed by atoms with Gasteiger partial charge >= 0.3 is 0 Å². The van der Waals surface area contributed by atoms with Crippen molar-refractivity contribution in [3.63, 3.8) is 0 Å². The molecule has 2 aromatic heterocycles. The normalized spacial score (nSPS) is 20.5. The van der Waals surface area contributed by atoms with Crippen molar-refractivity contribution in [2.24, 2.45) is 0 Å². The number of fused-ring (bicyclic) bond motifs is 1. The van der Waals surface area contributed by atoms with Crippen molar-refractivity contribution in [2.75, 3.05) is 5.73 Å². The second-order valence-corrected chi connectivity index (χ2v) is 9.53. The van der Waals surface area contributed by atoms with E-state index < -0.39 is 5.41 Å². The third-order valence-electron chi connectivity index (χ3n) is 6.36. The number of Topliss-reactive ketones (excluding diaryl/α,β-unsaturated/α-hetero) is 1. The fourth-order valence-corrected chi connectivity index (χ4v) is 5.68. The molecule has 1 saturated carbocycles. The van der Waals surface area contributed by atoms with Gasteiger partial charge in [-0.25, -0.2) is 4.98 Å². The van der Waals surface area contributed by atoms with Crippen LogP contribution in [0.4, 0.5) is 5.00 Å². The molecule has 7 nitrogen and oxygen atoms in total. The van der Waals surface area contributed by atoms with Gasteiger partial charge in [0, 0.05) is 12.6 Å². The topological polar surface area (TPSA) is 103 Å². The Morgan fingerprint density at radius 3 is 2.77 bits per heavy atom. The molecule has 3 aromatic rings. The van der Waals surface area contributed by atoms with E-state index in [-0.39, 0.29) is 17.7 Å². The minimum Gasteiger partial charge on any atom is -0.390 e. The first-order chi connectivity index (χ1) is 15.0. The van der Waals surface area contributed by atoms with Crippen LogP contribution in [0.25, 0.3) is 0 Å². The third kappa shape index (κ3) is 3.54. The summed E-state index contributed by atoms with van der Waals surface area (Å²) in [6.45, 7) is 2.44. The zero-order chi connectivity index (χ0) is 21.6. The predicted octanol–water partition coefficient (Wildman–Crippen LogP) is 3.28. The summed E-state index contributed by atoms with van der Waals surface area (Å²) in [5.74, 6) is 0.623. The number of ketones is 1. The van der Waals surface area contributed by atoms with Crippen LogP contribution in [0.15, 0.2) is 36.7 Å². The smallest absolute Gasteiger partial charge is 0.254 e. The molecule has 0 bridgehead atoms. The first-order valence-electron chi connectivity index (χ1n) is 10.7. The lowest BCUT2D eigenvalue weighted by Crippen LogP contribution is -2.41. The van der Waals surface area contributed by atoms with E-state index in [1.165, 1.54) is 11.3 Å². The van der Waals surface area contributed by atoms with E-state index in [0.717, 1.165) is 24.0 Å². The van der Waals surface area contributed by atoms with Crippen LogP contribution in [0.1, 0.15) is 62.7 Å². The molecule has 8 heteroatoms. The molecule has 160 valence electrons. The summed E-state index contributed by atoms with van der Waals surface area (Å²) in [5, 5.41) is 7.85. The average molecular weight is 436 g/mol. The Balaban J connectivity index is 1.51. The number of thiophene rings is 1. The van der Waals surface area contributed by atoms with Crippen molar-refractivity contribution in [3.05, 3.63) is 64.1 Å². The van der Waals surface area contributed by atoms with Crippen molar-refractivity contribution in [2.45, 2.75) is 57.0 Å². The Labute approximate surface area is 184 Å². The van der Waals surface area contributed by atoms with E-state index in [0.29, 0.717) is 47.1 Å². The molecule has 1 atom stereocenters. The van der Waals surface area contributed by atoms with E-state index in [4.69, 9.17) is 5.73 Å². The summed E-state index contributed by atoms with van der Waals surface area (Å²) in [7, 11) is 0. The van der Waals surface area contributed by atoms with E-state index in [9.17, 15) is 9.59 Å². The quantitative estimate of drug-likeness (QED) is 0.619. The van der Waals surface area contributed by atoms with Gasteiger partial charge in [0.2, 0.25) is 0 Å². The number of amides is 1. The van der Waals surface area contributed by atoms with Gasteiger partial charge < -0.3 is 11.1 Å². The number of benzene rings is 1. The summed E-state index contributed by atoms with van der Waals surface area (Å²) in [6, 6.07) is 10.2. The fourth-order valence-electron chi connectivity index (χ4n) is 4.53. The molecule has 1 fully saturated rings. The number of nitrogens with zero attached hydrogens (tertiary/aromatic N) is 3. The van der Waals surface area contributed by atoms with Crippen LogP contribution >= 0.6 is 11.3 Å². The molecule has 31 heavy (non-hydrogen) atoms. The molecule has 0 saturated heterocycles. The number of hydrogen-bond acceptors (Lipinski definition) is 6. The highest BCUT2D eigenvalue weighted by atomic mass is 32.1. The lowest BCUT2D eigenvalue weighted by Gasteiger charge is -2.36. The van der Waals surface area contributed by atoms with Gasteiger partial charge in [0.15, 0.2) is 5.78 Å². The maximum absolute atomic E-state index is 14.0. The molecule has 2 aliphatic rings. The number of nitrogens with two attached hydrogens (primary N) is 1.